The van der Waals surface area contributed by atoms with E-state index in [1.807, 2.05) is 0 Å². The second-order valence-corrected chi connectivity index (χ2v) is 8.83. The standard InChI is InChI=1S/C24H23BrF3N3O/c1-14-5-4-6-19-18(15(2)16(3)22(14)19)9-10-32-13-31-12-20(24(26,27)28)30-23(31)17-7-8-21(25)29-11-17/h4-8,11-12,18H,9-10,13H2,1-3H3. The molecule has 0 spiro atoms. The predicted octanol–water partition coefficient (Wildman–Crippen LogP) is 6.99. The van der Waals surface area contributed by atoms with Gasteiger partial charge in [-0.2, -0.15) is 13.2 Å². The monoisotopic (exact) mass is 505 g/mol. The first-order chi connectivity index (χ1) is 15.2. The first kappa shape index (κ1) is 22.7. The fraction of sp³-hybridized carbons (Fsp3) is 0.333. The first-order valence-corrected chi connectivity index (χ1v) is 11.1. The van der Waals surface area contributed by atoms with Gasteiger partial charge in [0.1, 0.15) is 17.2 Å². The molecule has 0 saturated carbocycles. The summed E-state index contributed by atoms with van der Waals surface area (Å²) in [4.78, 5) is 7.89. The van der Waals surface area contributed by atoms with E-state index in [2.05, 4.69) is 64.9 Å². The molecule has 0 aliphatic heterocycles. The van der Waals surface area contributed by atoms with Gasteiger partial charge in [0.2, 0.25) is 0 Å². The number of alkyl halides is 3. The van der Waals surface area contributed by atoms with Crippen LogP contribution in [-0.2, 0) is 17.6 Å². The molecule has 0 amide bonds. The molecule has 4 nitrogen and oxygen atoms in total. The normalized spacial score (nSPS) is 16.0. The molecule has 2 heterocycles. The zero-order chi connectivity index (χ0) is 23.0. The molecule has 4 rings (SSSR count). The predicted molar refractivity (Wildman–Crippen MR) is 121 cm³/mol. The van der Waals surface area contributed by atoms with Crippen molar-refractivity contribution in [3.63, 3.8) is 0 Å². The number of ether oxygens (including phenoxy) is 1. The van der Waals surface area contributed by atoms with Gasteiger partial charge in [0.15, 0.2) is 5.69 Å². The number of allylic oxidation sites excluding steroid dienone is 2. The summed E-state index contributed by atoms with van der Waals surface area (Å²) < 4.78 is 47.6. The Morgan fingerprint density at radius 1 is 1.12 bits per heavy atom. The molecule has 1 aliphatic rings. The van der Waals surface area contributed by atoms with Crippen molar-refractivity contribution in [2.45, 2.75) is 46.0 Å². The molecule has 1 atom stereocenters. The van der Waals surface area contributed by atoms with Gasteiger partial charge in [-0.15, -0.1) is 0 Å². The van der Waals surface area contributed by atoms with Crippen molar-refractivity contribution in [1.29, 1.82) is 0 Å². The van der Waals surface area contributed by atoms with Crippen molar-refractivity contribution in [2.24, 2.45) is 0 Å². The van der Waals surface area contributed by atoms with E-state index in [-0.39, 0.29) is 18.5 Å². The molecule has 0 N–H and O–H groups in total. The van der Waals surface area contributed by atoms with Crippen molar-refractivity contribution in [1.82, 2.24) is 14.5 Å². The summed E-state index contributed by atoms with van der Waals surface area (Å²) in [6.45, 7) is 6.79. The number of rotatable bonds is 6. The van der Waals surface area contributed by atoms with Crippen LogP contribution >= 0.6 is 15.9 Å². The van der Waals surface area contributed by atoms with Gasteiger partial charge in [0, 0.05) is 30.5 Å². The second-order valence-electron chi connectivity index (χ2n) is 8.01. The van der Waals surface area contributed by atoms with E-state index in [0.29, 0.717) is 16.8 Å². The van der Waals surface area contributed by atoms with Crippen molar-refractivity contribution < 1.29 is 17.9 Å². The average molecular weight is 506 g/mol. The molecular formula is C24H23BrF3N3O. The van der Waals surface area contributed by atoms with Crippen LogP contribution in [0.4, 0.5) is 13.2 Å². The lowest BCUT2D eigenvalue weighted by Crippen LogP contribution is -2.08. The molecule has 8 heteroatoms. The second kappa shape index (κ2) is 8.83. The van der Waals surface area contributed by atoms with E-state index < -0.39 is 11.9 Å². The molecule has 32 heavy (non-hydrogen) atoms. The summed E-state index contributed by atoms with van der Waals surface area (Å²) in [5, 5.41) is 0. The fourth-order valence-electron chi connectivity index (χ4n) is 4.31. The van der Waals surface area contributed by atoms with Crippen LogP contribution in [0.5, 0.6) is 0 Å². The van der Waals surface area contributed by atoms with E-state index in [4.69, 9.17) is 4.74 Å². The summed E-state index contributed by atoms with van der Waals surface area (Å²) in [5.74, 6) is 0.430. The first-order valence-electron chi connectivity index (χ1n) is 10.3. The van der Waals surface area contributed by atoms with Crippen LogP contribution < -0.4 is 0 Å². The Morgan fingerprint density at radius 2 is 1.91 bits per heavy atom. The maximum atomic E-state index is 13.3. The number of aromatic nitrogens is 3. The molecule has 1 unspecified atom stereocenters. The molecule has 2 aromatic heterocycles. The van der Waals surface area contributed by atoms with Gasteiger partial charge < -0.3 is 9.30 Å². The molecule has 0 fully saturated rings. The highest BCUT2D eigenvalue weighted by Gasteiger charge is 2.35. The van der Waals surface area contributed by atoms with Gasteiger partial charge in [-0.25, -0.2) is 9.97 Å². The molecule has 168 valence electrons. The summed E-state index contributed by atoms with van der Waals surface area (Å²) in [7, 11) is 0. The lowest BCUT2D eigenvalue weighted by Gasteiger charge is -2.16. The number of aryl methyl sites for hydroxylation is 1. The highest BCUT2D eigenvalue weighted by Crippen LogP contribution is 2.44. The number of imidazole rings is 1. The van der Waals surface area contributed by atoms with Crippen LogP contribution in [0.15, 0.2) is 52.9 Å². The van der Waals surface area contributed by atoms with Crippen LogP contribution in [0.25, 0.3) is 17.0 Å². The summed E-state index contributed by atoms with van der Waals surface area (Å²) in [6, 6.07) is 9.67. The van der Waals surface area contributed by atoms with Gasteiger partial charge in [-0.05, 0) is 77.5 Å². The largest absolute Gasteiger partial charge is 0.434 e. The van der Waals surface area contributed by atoms with Gasteiger partial charge >= 0.3 is 6.18 Å². The van der Waals surface area contributed by atoms with E-state index in [1.165, 1.54) is 38.6 Å². The van der Waals surface area contributed by atoms with E-state index >= 15 is 0 Å². The van der Waals surface area contributed by atoms with Crippen molar-refractivity contribution >= 4 is 21.5 Å². The van der Waals surface area contributed by atoms with Gasteiger partial charge in [-0.1, -0.05) is 23.8 Å². The molecule has 1 aromatic carbocycles. The highest BCUT2D eigenvalue weighted by molar-refractivity contribution is 9.10. The molecule has 3 aromatic rings. The number of hydrogen-bond acceptors (Lipinski definition) is 3. The fourth-order valence-corrected chi connectivity index (χ4v) is 4.54. The smallest absolute Gasteiger partial charge is 0.361 e. The number of hydrogen-bond donors (Lipinski definition) is 0. The van der Waals surface area contributed by atoms with Crippen LogP contribution in [0.1, 0.15) is 48.6 Å². The molecule has 0 saturated heterocycles. The number of halogens is 4. The number of nitrogens with zero attached hydrogens (tertiary/aromatic N) is 3. The minimum atomic E-state index is -4.53. The van der Waals surface area contributed by atoms with Crippen LogP contribution in [0.3, 0.4) is 0 Å². The van der Waals surface area contributed by atoms with Gasteiger partial charge in [0.05, 0.1) is 0 Å². The lowest BCUT2D eigenvalue weighted by atomic mass is 9.92. The lowest BCUT2D eigenvalue weighted by molar-refractivity contribution is -0.141. The highest BCUT2D eigenvalue weighted by atomic mass is 79.9. The number of fused-ring (bicyclic) bond motifs is 1. The number of pyridine rings is 1. The Balaban J connectivity index is 1.48. The SMILES string of the molecule is CC1=C(C)C(CCOCn2cc(C(F)(F)F)nc2-c2ccc(Br)nc2)c2cccc(C)c21. The summed E-state index contributed by atoms with van der Waals surface area (Å²) in [6.07, 6.45) is -1.30. The molecule has 0 radical (unpaired) electrons. The molecule has 1 aliphatic carbocycles. The van der Waals surface area contributed by atoms with Crippen LogP contribution in [0, 0.1) is 6.92 Å². The molecular weight excluding hydrogens is 483 g/mol. The van der Waals surface area contributed by atoms with Crippen molar-refractivity contribution in [2.75, 3.05) is 6.61 Å². The van der Waals surface area contributed by atoms with Gasteiger partial charge in [-0.3, -0.25) is 0 Å². The zero-order valence-electron chi connectivity index (χ0n) is 18.0. The minimum Gasteiger partial charge on any atom is -0.361 e. The van der Waals surface area contributed by atoms with E-state index in [1.54, 1.807) is 12.1 Å². The van der Waals surface area contributed by atoms with Crippen LogP contribution in [-0.4, -0.2) is 21.1 Å². The Morgan fingerprint density at radius 3 is 2.59 bits per heavy atom. The van der Waals surface area contributed by atoms with Crippen molar-refractivity contribution in [3.8, 4) is 11.4 Å². The van der Waals surface area contributed by atoms with Gasteiger partial charge in [0.25, 0.3) is 0 Å². The summed E-state index contributed by atoms with van der Waals surface area (Å²) >= 11 is 3.24. The quantitative estimate of drug-likeness (QED) is 0.267. The zero-order valence-corrected chi connectivity index (χ0v) is 19.6. The van der Waals surface area contributed by atoms with Crippen LogP contribution in [0.2, 0.25) is 0 Å². The topological polar surface area (TPSA) is 39.9 Å². The maximum absolute atomic E-state index is 13.3. The third kappa shape index (κ3) is 4.38. The Hall–Kier alpha value is -2.45. The average Bonchev–Trinajstić information content (AvgIpc) is 3.27. The Bertz CT molecular complexity index is 1170. The number of benzene rings is 1. The van der Waals surface area contributed by atoms with Crippen molar-refractivity contribution in [3.05, 3.63) is 75.3 Å². The molecule has 0 bridgehead atoms. The summed E-state index contributed by atoms with van der Waals surface area (Å²) in [5.41, 5.74) is 6.03. The minimum absolute atomic E-state index is 0.0242. The third-order valence-corrected chi connectivity index (χ3v) is 6.47. The Labute approximate surface area is 193 Å². The Kier molecular flexibility index (Phi) is 6.27. The maximum Gasteiger partial charge on any atom is 0.434 e. The third-order valence-electron chi connectivity index (χ3n) is 6.00. The van der Waals surface area contributed by atoms with E-state index in [9.17, 15) is 13.2 Å². The van der Waals surface area contributed by atoms with E-state index in [0.717, 1.165) is 12.6 Å².